The van der Waals surface area contributed by atoms with E-state index < -0.39 is 29.6 Å². The van der Waals surface area contributed by atoms with E-state index in [-0.39, 0.29) is 48.0 Å². The maximum Gasteiger partial charge on any atom is 0.255 e. The molecule has 11 heteroatoms. The molecule has 3 aromatic rings. The number of nitrogens with zero attached hydrogens (tertiary/aromatic N) is 3. The van der Waals surface area contributed by atoms with Crippen molar-refractivity contribution in [2.75, 3.05) is 19.5 Å². The number of nitrogens with one attached hydrogen (secondary N) is 1. The second-order valence-electron chi connectivity index (χ2n) is 8.50. The molecule has 8 nitrogen and oxygen atoms in total. The molecule has 1 aliphatic heterocycles. The van der Waals surface area contributed by atoms with Gasteiger partial charge in [-0.15, -0.1) is 0 Å². The monoisotopic (exact) mass is 483 g/mol. The number of amides is 1. The standard InChI is InChI=1S/C24H20F3N5O3/c1-34-19-5-3-14(25)7-16(19)23(33)30-18-11-35-20-6-12(2-4-15(18)20)21-17(9-28)22(29)32(31-21)10-13-8-24(13,26)27/h2-7,13,18H,8,10-11,29H2,1H3,(H,30,33). The molecule has 0 spiro atoms. The molecule has 2 atom stereocenters. The summed E-state index contributed by atoms with van der Waals surface area (Å²) in [6, 6.07) is 10.2. The van der Waals surface area contributed by atoms with Crippen LogP contribution in [-0.4, -0.2) is 35.3 Å². The lowest BCUT2D eigenvalue weighted by Gasteiger charge is -2.14. The van der Waals surface area contributed by atoms with Crippen molar-refractivity contribution in [1.82, 2.24) is 15.1 Å². The van der Waals surface area contributed by atoms with Crippen LogP contribution in [0.5, 0.6) is 11.5 Å². The van der Waals surface area contributed by atoms with Crippen molar-refractivity contribution >= 4 is 11.7 Å². The first kappa shape index (κ1) is 22.6. The van der Waals surface area contributed by atoms with Crippen LogP contribution in [-0.2, 0) is 6.54 Å². The zero-order chi connectivity index (χ0) is 24.9. The van der Waals surface area contributed by atoms with Gasteiger partial charge in [0.05, 0.1) is 25.3 Å². The van der Waals surface area contributed by atoms with E-state index in [1.165, 1.54) is 23.9 Å². The summed E-state index contributed by atoms with van der Waals surface area (Å²) >= 11 is 0. The molecule has 2 unspecified atom stereocenters. The number of nitrogens with two attached hydrogens (primary N) is 1. The second kappa shape index (κ2) is 8.23. The number of benzene rings is 2. The van der Waals surface area contributed by atoms with Crippen LogP contribution < -0.4 is 20.5 Å². The highest BCUT2D eigenvalue weighted by atomic mass is 19.3. The number of methoxy groups -OCH3 is 1. The third-order valence-corrected chi connectivity index (χ3v) is 6.23. The summed E-state index contributed by atoms with van der Waals surface area (Å²) in [7, 11) is 1.39. The number of hydrogen-bond acceptors (Lipinski definition) is 6. The van der Waals surface area contributed by atoms with Crippen molar-refractivity contribution < 1.29 is 27.4 Å². The first-order chi connectivity index (χ1) is 16.7. The Kier molecular flexibility index (Phi) is 5.31. The van der Waals surface area contributed by atoms with Crippen LogP contribution in [0, 0.1) is 23.1 Å². The largest absolute Gasteiger partial charge is 0.496 e. The first-order valence-corrected chi connectivity index (χ1v) is 10.8. The minimum absolute atomic E-state index is 0.0285. The van der Waals surface area contributed by atoms with E-state index in [4.69, 9.17) is 15.2 Å². The fourth-order valence-corrected chi connectivity index (χ4v) is 4.17. The van der Waals surface area contributed by atoms with Crippen molar-refractivity contribution in [1.29, 1.82) is 5.26 Å². The average Bonchev–Trinajstić information content (AvgIpc) is 3.13. The van der Waals surface area contributed by atoms with E-state index in [9.17, 15) is 23.2 Å². The van der Waals surface area contributed by atoms with Crippen molar-refractivity contribution in [3.05, 3.63) is 58.9 Å². The molecule has 2 heterocycles. The number of ether oxygens (including phenoxy) is 2. The number of aromatic nitrogens is 2. The number of carbonyl (C=O) groups excluding carboxylic acids is 1. The van der Waals surface area contributed by atoms with Gasteiger partial charge >= 0.3 is 0 Å². The lowest BCUT2D eigenvalue weighted by atomic mass is 10.0. The number of nitriles is 1. The molecule has 0 bridgehead atoms. The minimum Gasteiger partial charge on any atom is -0.496 e. The Morgan fingerprint density at radius 2 is 2.14 bits per heavy atom. The summed E-state index contributed by atoms with van der Waals surface area (Å²) in [6.45, 7) is 0.0627. The van der Waals surface area contributed by atoms with Gasteiger partial charge in [0.15, 0.2) is 0 Å². The first-order valence-electron chi connectivity index (χ1n) is 10.8. The number of alkyl halides is 2. The van der Waals surface area contributed by atoms with Crippen LogP contribution in [0.3, 0.4) is 0 Å². The highest BCUT2D eigenvalue weighted by Crippen LogP contribution is 2.50. The molecule has 0 saturated heterocycles. The molecule has 2 aliphatic rings. The van der Waals surface area contributed by atoms with Gasteiger partial charge in [0.1, 0.15) is 47.1 Å². The number of fused-ring (bicyclic) bond motifs is 1. The summed E-state index contributed by atoms with van der Waals surface area (Å²) in [5.74, 6) is -3.95. The fourth-order valence-electron chi connectivity index (χ4n) is 4.17. The van der Waals surface area contributed by atoms with Crippen LogP contribution in [0.4, 0.5) is 19.0 Å². The summed E-state index contributed by atoms with van der Waals surface area (Å²) in [5.41, 5.74) is 7.62. The minimum atomic E-state index is -2.73. The topological polar surface area (TPSA) is 115 Å². The van der Waals surface area contributed by atoms with Gasteiger partial charge in [0.25, 0.3) is 11.8 Å². The van der Waals surface area contributed by atoms with Gasteiger partial charge in [0, 0.05) is 23.5 Å². The highest BCUT2D eigenvalue weighted by molar-refractivity contribution is 5.97. The van der Waals surface area contributed by atoms with E-state index >= 15 is 0 Å². The summed E-state index contributed by atoms with van der Waals surface area (Å²) in [5, 5.41) is 16.7. The van der Waals surface area contributed by atoms with Gasteiger partial charge in [0.2, 0.25) is 0 Å². The molecule has 0 radical (unpaired) electrons. The number of rotatable bonds is 6. The fraction of sp³-hybridized carbons (Fsp3) is 0.292. The lowest BCUT2D eigenvalue weighted by molar-refractivity contribution is 0.0924. The number of carbonyl (C=O) groups is 1. The molecule has 2 aromatic carbocycles. The Morgan fingerprint density at radius 1 is 1.37 bits per heavy atom. The molecule has 1 aromatic heterocycles. The summed E-state index contributed by atoms with van der Waals surface area (Å²) < 4.78 is 52.5. The number of hydrogen-bond donors (Lipinski definition) is 2. The van der Waals surface area contributed by atoms with Crippen molar-refractivity contribution in [2.24, 2.45) is 5.92 Å². The molecule has 3 N–H and O–H groups in total. The Labute approximate surface area is 198 Å². The highest BCUT2D eigenvalue weighted by Gasteiger charge is 2.57. The normalized spacial score (nSPS) is 19.4. The Balaban J connectivity index is 1.39. The zero-order valence-corrected chi connectivity index (χ0v) is 18.5. The van der Waals surface area contributed by atoms with E-state index in [0.717, 1.165) is 6.07 Å². The van der Waals surface area contributed by atoms with Crippen LogP contribution in [0.1, 0.15) is 33.9 Å². The van der Waals surface area contributed by atoms with Gasteiger partial charge < -0.3 is 20.5 Å². The summed E-state index contributed by atoms with van der Waals surface area (Å²) in [6.07, 6.45) is -0.231. The van der Waals surface area contributed by atoms with Crippen LogP contribution in [0.15, 0.2) is 36.4 Å². The molecule has 35 heavy (non-hydrogen) atoms. The predicted molar refractivity (Wildman–Crippen MR) is 118 cm³/mol. The Hall–Kier alpha value is -4.20. The average molecular weight is 483 g/mol. The Morgan fingerprint density at radius 3 is 2.83 bits per heavy atom. The van der Waals surface area contributed by atoms with Gasteiger partial charge in [-0.3, -0.25) is 4.79 Å². The third kappa shape index (κ3) is 4.01. The van der Waals surface area contributed by atoms with E-state index in [2.05, 4.69) is 10.4 Å². The zero-order valence-electron chi connectivity index (χ0n) is 18.5. The smallest absolute Gasteiger partial charge is 0.255 e. The third-order valence-electron chi connectivity index (χ3n) is 6.23. The number of nitrogen functional groups attached to an aromatic ring is 1. The van der Waals surface area contributed by atoms with Crippen LogP contribution >= 0.6 is 0 Å². The van der Waals surface area contributed by atoms with Gasteiger partial charge in [-0.2, -0.15) is 10.4 Å². The van der Waals surface area contributed by atoms with E-state index in [1.54, 1.807) is 18.2 Å². The van der Waals surface area contributed by atoms with Gasteiger partial charge in [-0.25, -0.2) is 17.9 Å². The van der Waals surface area contributed by atoms with Gasteiger partial charge in [-0.05, 0) is 24.3 Å². The predicted octanol–water partition coefficient (Wildman–Crippen LogP) is 3.67. The molecular weight excluding hydrogens is 463 g/mol. The van der Waals surface area contributed by atoms with Crippen molar-refractivity contribution in [3.63, 3.8) is 0 Å². The van der Waals surface area contributed by atoms with Gasteiger partial charge in [-0.1, -0.05) is 12.1 Å². The molecule has 1 fully saturated rings. The molecule has 1 amide bonds. The van der Waals surface area contributed by atoms with Crippen molar-refractivity contribution in [3.8, 4) is 28.8 Å². The molecular formula is C24H20F3N5O3. The van der Waals surface area contributed by atoms with E-state index in [1.807, 2.05) is 6.07 Å². The maximum atomic E-state index is 13.7. The lowest BCUT2D eigenvalue weighted by Crippen LogP contribution is -2.29. The summed E-state index contributed by atoms with van der Waals surface area (Å²) in [4.78, 5) is 12.8. The molecule has 1 saturated carbocycles. The van der Waals surface area contributed by atoms with E-state index in [0.29, 0.717) is 16.9 Å². The maximum absolute atomic E-state index is 13.7. The Bertz CT molecular complexity index is 1380. The number of halogens is 3. The van der Waals surface area contributed by atoms with Crippen LogP contribution in [0.25, 0.3) is 11.3 Å². The second-order valence-corrected chi connectivity index (χ2v) is 8.50. The number of anilines is 1. The van der Waals surface area contributed by atoms with Crippen molar-refractivity contribution in [2.45, 2.75) is 24.9 Å². The quantitative estimate of drug-likeness (QED) is 0.553. The molecule has 180 valence electrons. The molecule has 1 aliphatic carbocycles. The molecule has 5 rings (SSSR count). The van der Waals surface area contributed by atoms with Crippen LogP contribution in [0.2, 0.25) is 0 Å². The SMILES string of the molecule is COc1ccc(F)cc1C(=O)NC1COc2cc(-c3nn(CC4CC4(F)F)c(N)c3C#N)ccc21.